The predicted molar refractivity (Wildman–Crippen MR) is 124 cm³/mol. The highest BCUT2D eigenvalue weighted by atomic mass is 16.2. The summed E-state index contributed by atoms with van der Waals surface area (Å²) in [6.45, 7) is 4.35. The molecule has 3 aromatic rings. The van der Waals surface area contributed by atoms with E-state index in [-0.39, 0.29) is 11.9 Å². The maximum atomic E-state index is 13.4. The SMILES string of the molecule is CC(Cc1ccccc1)N1CCC(N(C(=O)c2ccccc2)c2ccccc2)CC1. The van der Waals surface area contributed by atoms with E-state index in [1.807, 2.05) is 65.6 Å². The molecule has 30 heavy (non-hydrogen) atoms. The second-order valence-electron chi connectivity index (χ2n) is 8.18. The molecule has 3 aromatic carbocycles. The molecule has 1 aliphatic rings. The van der Waals surface area contributed by atoms with Gasteiger partial charge in [0, 0.05) is 36.4 Å². The van der Waals surface area contributed by atoms with Crippen molar-refractivity contribution < 1.29 is 4.79 Å². The lowest BCUT2D eigenvalue weighted by molar-refractivity contribution is 0.0950. The molecular formula is C27H30N2O. The Morgan fingerprint density at radius 3 is 2.00 bits per heavy atom. The highest BCUT2D eigenvalue weighted by molar-refractivity contribution is 6.06. The molecule has 0 radical (unpaired) electrons. The Morgan fingerprint density at radius 2 is 1.40 bits per heavy atom. The normalized spacial score (nSPS) is 16.2. The van der Waals surface area contributed by atoms with Gasteiger partial charge >= 0.3 is 0 Å². The first-order chi connectivity index (χ1) is 14.7. The molecule has 0 bridgehead atoms. The predicted octanol–water partition coefficient (Wildman–Crippen LogP) is 5.43. The van der Waals surface area contributed by atoms with Crippen molar-refractivity contribution in [1.29, 1.82) is 0 Å². The number of hydrogen-bond acceptors (Lipinski definition) is 2. The molecule has 3 nitrogen and oxygen atoms in total. The van der Waals surface area contributed by atoms with Crippen LogP contribution in [0, 0.1) is 0 Å². The largest absolute Gasteiger partial charge is 0.305 e. The summed E-state index contributed by atoms with van der Waals surface area (Å²) in [7, 11) is 0. The van der Waals surface area contributed by atoms with E-state index in [1.54, 1.807) is 0 Å². The molecule has 3 heteroatoms. The van der Waals surface area contributed by atoms with E-state index in [0.717, 1.165) is 43.6 Å². The minimum Gasteiger partial charge on any atom is -0.305 e. The monoisotopic (exact) mass is 398 g/mol. The van der Waals surface area contributed by atoms with Gasteiger partial charge in [0.15, 0.2) is 0 Å². The third-order valence-corrected chi connectivity index (χ3v) is 6.14. The molecule has 1 fully saturated rings. The zero-order chi connectivity index (χ0) is 20.8. The van der Waals surface area contributed by atoms with Crippen molar-refractivity contribution in [3.05, 3.63) is 102 Å². The van der Waals surface area contributed by atoms with Crippen LogP contribution in [0.5, 0.6) is 0 Å². The van der Waals surface area contributed by atoms with Gasteiger partial charge in [0.1, 0.15) is 0 Å². The van der Waals surface area contributed by atoms with Gasteiger partial charge in [0.25, 0.3) is 5.91 Å². The molecule has 154 valence electrons. The smallest absolute Gasteiger partial charge is 0.258 e. The van der Waals surface area contributed by atoms with E-state index in [1.165, 1.54) is 5.56 Å². The van der Waals surface area contributed by atoms with Crippen LogP contribution in [-0.4, -0.2) is 36.0 Å². The van der Waals surface area contributed by atoms with Crippen LogP contribution in [0.4, 0.5) is 5.69 Å². The lowest BCUT2D eigenvalue weighted by Gasteiger charge is -2.41. The number of carbonyl (C=O) groups is 1. The van der Waals surface area contributed by atoms with Crippen LogP contribution in [0.1, 0.15) is 35.7 Å². The van der Waals surface area contributed by atoms with Gasteiger partial charge in [-0.3, -0.25) is 4.79 Å². The Bertz CT molecular complexity index is 919. The third-order valence-electron chi connectivity index (χ3n) is 6.14. The maximum absolute atomic E-state index is 13.4. The van der Waals surface area contributed by atoms with Gasteiger partial charge in [0.2, 0.25) is 0 Å². The first kappa shape index (κ1) is 20.4. The van der Waals surface area contributed by atoms with E-state index >= 15 is 0 Å². The fraction of sp³-hybridized carbons (Fsp3) is 0.296. The summed E-state index contributed by atoms with van der Waals surface area (Å²) in [5.74, 6) is 0.0950. The lowest BCUT2D eigenvalue weighted by Crippen LogP contribution is -2.50. The standard InChI is InChI=1S/C27H30N2O/c1-22(21-23-11-5-2-6-12-23)28-19-17-26(18-20-28)29(25-15-9-4-10-16-25)27(30)24-13-7-3-8-14-24/h2-16,22,26H,17-21H2,1H3. The van der Waals surface area contributed by atoms with E-state index in [2.05, 4.69) is 42.2 Å². The molecule has 0 N–H and O–H groups in total. The minimum absolute atomic E-state index is 0.0950. The zero-order valence-electron chi connectivity index (χ0n) is 17.7. The molecular weight excluding hydrogens is 368 g/mol. The summed E-state index contributed by atoms with van der Waals surface area (Å²) in [4.78, 5) is 18.0. The molecule has 1 aliphatic heterocycles. The van der Waals surface area contributed by atoms with Crippen molar-refractivity contribution >= 4 is 11.6 Å². The molecule has 1 unspecified atom stereocenters. The molecule has 0 spiro atoms. The van der Waals surface area contributed by atoms with Crippen molar-refractivity contribution in [2.45, 2.75) is 38.3 Å². The Balaban J connectivity index is 1.46. The molecule has 4 rings (SSSR count). The maximum Gasteiger partial charge on any atom is 0.258 e. The summed E-state index contributed by atoms with van der Waals surface area (Å²) in [5.41, 5.74) is 3.13. The average molecular weight is 399 g/mol. The zero-order valence-corrected chi connectivity index (χ0v) is 17.7. The summed E-state index contributed by atoms with van der Waals surface area (Å²) in [6.07, 6.45) is 3.05. The van der Waals surface area contributed by atoms with Crippen LogP contribution in [0.3, 0.4) is 0 Å². The summed E-state index contributed by atoms with van der Waals surface area (Å²) in [6, 6.07) is 31.2. The van der Waals surface area contributed by atoms with Crippen molar-refractivity contribution in [3.8, 4) is 0 Å². The first-order valence-corrected chi connectivity index (χ1v) is 10.9. The third kappa shape index (κ3) is 4.80. The van der Waals surface area contributed by atoms with Gasteiger partial charge < -0.3 is 9.80 Å². The number of benzene rings is 3. The molecule has 1 atom stereocenters. The van der Waals surface area contributed by atoms with Gasteiger partial charge in [-0.25, -0.2) is 0 Å². The average Bonchev–Trinajstić information content (AvgIpc) is 2.81. The molecule has 1 amide bonds. The molecule has 0 aromatic heterocycles. The lowest BCUT2D eigenvalue weighted by atomic mass is 9.98. The van der Waals surface area contributed by atoms with Crippen LogP contribution in [0.25, 0.3) is 0 Å². The molecule has 0 saturated carbocycles. The van der Waals surface area contributed by atoms with E-state index in [9.17, 15) is 4.79 Å². The Kier molecular flexibility index (Phi) is 6.60. The van der Waals surface area contributed by atoms with Gasteiger partial charge in [-0.2, -0.15) is 0 Å². The van der Waals surface area contributed by atoms with Crippen molar-refractivity contribution in [2.24, 2.45) is 0 Å². The fourth-order valence-electron chi connectivity index (χ4n) is 4.47. The molecule has 1 saturated heterocycles. The minimum atomic E-state index is 0.0950. The summed E-state index contributed by atoms with van der Waals surface area (Å²) in [5, 5.41) is 0. The van der Waals surface area contributed by atoms with Crippen LogP contribution < -0.4 is 4.90 Å². The van der Waals surface area contributed by atoms with Crippen LogP contribution in [0.2, 0.25) is 0 Å². The number of anilines is 1. The number of rotatable bonds is 6. The Hall–Kier alpha value is -2.91. The number of para-hydroxylation sites is 1. The van der Waals surface area contributed by atoms with Crippen molar-refractivity contribution in [1.82, 2.24) is 4.90 Å². The highest BCUT2D eigenvalue weighted by Gasteiger charge is 2.31. The first-order valence-electron chi connectivity index (χ1n) is 10.9. The number of hydrogen-bond donors (Lipinski definition) is 0. The number of nitrogens with zero attached hydrogens (tertiary/aromatic N) is 2. The van der Waals surface area contributed by atoms with E-state index in [4.69, 9.17) is 0 Å². The van der Waals surface area contributed by atoms with Crippen LogP contribution >= 0.6 is 0 Å². The Labute approximate surface area is 180 Å². The molecule has 0 aliphatic carbocycles. The van der Waals surface area contributed by atoms with Crippen LogP contribution in [-0.2, 0) is 6.42 Å². The number of carbonyl (C=O) groups excluding carboxylic acids is 1. The van der Waals surface area contributed by atoms with E-state index in [0.29, 0.717) is 6.04 Å². The second-order valence-corrected chi connectivity index (χ2v) is 8.18. The van der Waals surface area contributed by atoms with Crippen molar-refractivity contribution in [2.75, 3.05) is 18.0 Å². The quantitative estimate of drug-likeness (QED) is 0.553. The van der Waals surface area contributed by atoms with Gasteiger partial charge in [-0.15, -0.1) is 0 Å². The van der Waals surface area contributed by atoms with Gasteiger partial charge in [0.05, 0.1) is 0 Å². The van der Waals surface area contributed by atoms with Crippen molar-refractivity contribution in [3.63, 3.8) is 0 Å². The number of piperidine rings is 1. The van der Waals surface area contributed by atoms with Gasteiger partial charge in [-0.1, -0.05) is 66.7 Å². The van der Waals surface area contributed by atoms with Gasteiger partial charge in [-0.05, 0) is 56.0 Å². The fourth-order valence-corrected chi connectivity index (χ4v) is 4.47. The van der Waals surface area contributed by atoms with Crippen LogP contribution in [0.15, 0.2) is 91.0 Å². The summed E-state index contributed by atoms with van der Waals surface area (Å²) < 4.78 is 0. The topological polar surface area (TPSA) is 23.6 Å². The second kappa shape index (κ2) is 9.73. The highest BCUT2D eigenvalue weighted by Crippen LogP contribution is 2.27. The Morgan fingerprint density at radius 1 is 0.867 bits per heavy atom. The number of amides is 1. The number of likely N-dealkylation sites (tertiary alicyclic amines) is 1. The molecule has 1 heterocycles. The van der Waals surface area contributed by atoms with E-state index < -0.39 is 0 Å². The summed E-state index contributed by atoms with van der Waals surface area (Å²) >= 11 is 0.